The van der Waals surface area contributed by atoms with E-state index in [2.05, 4.69) is 9.97 Å². The Kier molecular flexibility index (Phi) is 6.16. The van der Waals surface area contributed by atoms with Crippen LogP contribution in [0.3, 0.4) is 0 Å². The van der Waals surface area contributed by atoms with E-state index in [-0.39, 0.29) is 23.8 Å². The number of nitrogens with zero attached hydrogens (tertiary/aromatic N) is 3. The lowest BCUT2D eigenvalue weighted by Crippen LogP contribution is -2.58. The SMILES string of the molecule is O=C(Cc1ccc(F)cn1)N1CCC2OCCCC2(COCc2ccncc2)C1. The Labute approximate surface area is 170 Å². The third-order valence-corrected chi connectivity index (χ3v) is 5.87. The molecule has 0 aliphatic carbocycles. The lowest BCUT2D eigenvalue weighted by Gasteiger charge is -2.50. The first-order valence-electron chi connectivity index (χ1n) is 10.1. The van der Waals surface area contributed by atoms with Gasteiger partial charge < -0.3 is 14.4 Å². The molecule has 0 radical (unpaired) electrons. The Morgan fingerprint density at radius 3 is 2.97 bits per heavy atom. The van der Waals surface area contributed by atoms with Crippen LogP contribution in [0.1, 0.15) is 30.5 Å². The van der Waals surface area contributed by atoms with Crippen LogP contribution in [0, 0.1) is 11.2 Å². The maximum atomic E-state index is 13.1. The fourth-order valence-corrected chi connectivity index (χ4v) is 4.34. The third-order valence-electron chi connectivity index (χ3n) is 5.87. The first-order valence-corrected chi connectivity index (χ1v) is 10.1. The Morgan fingerprint density at radius 1 is 1.31 bits per heavy atom. The molecule has 2 unspecified atom stereocenters. The van der Waals surface area contributed by atoms with E-state index >= 15 is 0 Å². The number of piperidine rings is 1. The minimum atomic E-state index is -0.397. The van der Waals surface area contributed by atoms with Gasteiger partial charge in [0.1, 0.15) is 5.82 Å². The molecule has 0 aromatic carbocycles. The van der Waals surface area contributed by atoms with Crippen LogP contribution in [0.4, 0.5) is 4.39 Å². The van der Waals surface area contributed by atoms with E-state index in [1.54, 1.807) is 18.5 Å². The maximum absolute atomic E-state index is 13.1. The van der Waals surface area contributed by atoms with Gasteiger partial charge in [-0.25, -0.2) is 4.39 Å². The van der Waals surface area contributed by atoms with E-state index in [9.17, 15) is 9.18 Å². The number of aromatic nitrogens is 2. The Balaban J connectivity index is 1.40. The van der Waals surface area contributed by atoms with Crippen LogP contribution in [-0.4, -0.2) is 53.2 Å². The zero-order valence-corrected chi connectivity index (χ0v) is 16.4. The van der Waals surface area contributed by atoms with Crippen molar-refractivity contribution in [3.05, 3.63) is 59.9 Å². The molecule has 4 heterocycles. The Bertz CT molecular complexity index is 818. The van der Waals surface area contributed by atoms with Crippen LogP contribution in [0.2, 0.25) is 0 Å². The second kappa shape index (κ2) is 8.97. The molecule has 0 N–H and O–H groups in total. The number of rotatable bonds is 6. The molecular formula is C22H26FN3O3. The van der Waals surface area contributed by atoms with Crippen LogP contribution in [0.15, 0.2) is 42.9 Å². The van der Waals surface area contributed by atoms with Gasteiger partial charge in [0, 0.05) is 43.2 Å². The highest BCUT2D eigenvalue weighted by Gasteiger charge is 2.47. The van der Waals surface area contributed by atoms with Gasteiger partial charge in [-0.2, -0.15) is 0 Å². The molecule has 4 rings (SSSR count). The second-order valence-electron chi connectivity index (χ2n) is 7.92. The van der Waals surface area contributed by atoms with E-state index in [0.29, 0.717) is 32.0 Å². The van der Waals surface area contributed by atoms with Crippen molar-refractivity contribution in [2.24, 2.45) is 5.41 Å². The number of amides is 1. The number of ether oxygens (including phenoxy) is 2. The summed E-state index contributed by atoms with van der Waals surface area (Å²) < 4.78 is 25.2. The summed E-state index contributed by atoms with van der Waals surface area (Å²) in [5.41, 5.74) is 1.48. The van der Waals surface area contributed by atoms with Gasteiger partial charge in [0.25, 0.3) is 0 Å². The molecule has 29 heavy (non-hydrogen) atoms. The molecule has 0 saturated carbocycles. The highest BCUT2D eigenvalue weighted by Crippen LogP contribution is 2.40. The van der Waals surface area contributed by atoms with E-state index < -0.39 is 5.82 Å². The van der Waals surface area contributed by atoms with Gasteiger partial charge in [-0.3, -0.25) is 14.8 Å². The molecule has 1 amide bonds. The molecule has 2 aromatic heterocycles. The van der Waals surface area contributed by atoms with Crippen molar-refractivity contribution in [1.29, 1.82) is 0 Å². The fourth-order valence-electron chi connectivity index (χ4n) is 4.34. The molecule has 2 fully saturated rings. The highest BCUT2D eigenvalue weighted by molar-refractivity contribution is 5.78. The van der Waals surface area contributed by atoms with Crippen LogP contribution in [0.5, 0.6) is 0 Å². The van der Waals surface area contributed by atoms with Crippen LogP contribution in [0.25, 0.3) is 0 Å². The minimum Gasteiger partial charge on any atom is -0.377 e. The number of halogens is 1. The second-order valence-corrected chi connectivity index (χ2v) is 7.92. The van der Waals surface area contributed by atoms with E-state index in [1.807, 2.05) is 17.0 Å². The zero-order chi connectivity index (χ0) is 20.1. The van der Waals surface area contributed by atoms with E-state index in [0.717, 1.165) is 37.6 Å². The van der Waals surface area contributed by atoms with Gasteiger partial charge in [-0.15, -0.1) is 0 Å². The summed E-state index contributed by atoms with van der Waals surface area (Å²) in [6, 6.07) is 6.79. The summed E-state index contributed by atoms with van der Waals surface area (Å²) in [6.45, 7) is 3.12. The largest absolute Gasteiger partial charge is 0.377 e. The van der Waals surface area contributed by atoms with Crippen molar-refractivity contribution >= 4 is 5.91 Å². The molecule has 0 bridgehead atoms. The summed E-state index contributed by atoms with van der Waals surface area (Å²) in [5.74, 6) is -0.381. The maximum Gasteiger partial charge on any atom is 0.228 e. The van der Waals surface area contributed by atoms with Gasteiger partial charge >= 0.3 is 0 Å². The van der Waals surface area contributed by atoms with Crippen molar-refractivity contribution < 1.29 is 18.7 Å². The monoisotopic (exact) mass is 399 g/mol. The first-order chi connectivity index (χ1) is 14.1. The van der Waals surface area contributed by atoms with Crippen LogP contribution < -0.4 is 0 Å². The fraction of sp³-hybridized carbons (Fsp3) is 0.500. The quantitative estimate of drug-likeness (QED) is 0.747. The van der Waals surface area contributed by atoms with Gasteiger partial charge in [-0.05, 0) is 49.1 Å². The predicted molar refractivity (Wildman–Crippen MR) is 104 cm³/mol. The number of likely N-dealkylation sites (tertiary alicyclic amines) is 1. The molecule has 154 valence electrons. The molecule has 6 nitrogen and oxygen atoms in total. The summed E-state index contributed by atoms with van der Waals surface area (Å²) in [6.07, 6.45) is 7.71. The highest BCUT2D eigenvalue weighted by atomic mass is 19.1. The molecule has 0 spiro atoms. The summed E-state index contributed by atoms with van der Waals surface area (Å²) in [7, 11) is 0. The molecule has 2 saturated heterocycles. The zero-order valence-electron chi connectivity index (χ0n) is 16.4. The van der Waals surface area contributed by atoms with Crippen molar-refractivity contribution in [2.45, 2.75) is 38.4 Å². The first kappa shape index (κ1) is 19.9. The Morgan fingerprint density at radius 2 is 2.17 bits per heavy atom. The van der Waals surface area contributed by atoms with Gasteiger partial charge in [0.2, 0.25) is 5.91 Å². The van der Waals surface area contributed by atoms with Gasteiger partial charge in [0.15, 0.2) is 0 Å². The lowest BCUT2D eigenvalue weighted by molar-refractivity contribution is -0.165. The molecule has 2 aliphatic rings. The van der Waals surface area contributed by atoms with Crippen LogP contribution in [-0.2, 0) is 27.3 Å². The normalized spacial score (nSPS) is 24.2. The number of pyridine rings is 2. The number of carbonyl (C=O) groups is 1. The Hall–Kier alpha value is -2.38. The molecule has 2 atom stereocenters. The minimum absolute atomic E-state index is 0.0154. The molecule has 2 aliphatic heterocycles. The average Bonchev–Trinajstić information content (AvgIpc) is 2.75. The molecular weight excluding hydrogens is 373 g/mol. The van der Waals surface area contributed by atoms with Gasteiger partial charge in [0.05, 0.1) is 31.9 Å². The van der Waals surface area contributed by atoms with E-state index in [1.165, 1.54) is 6.07 Å². The molecule has 2 aromatic rings. The molecule has 7 heteroatoms. The number of fused-ring (bicyclic) bond motifs is 1. The third kappa shape index (κ3) is 4.79. The summed E-state index contributed by atoms with van der Waals surface area (Å²) in [5, 5.41) is 0. The summed E-state index contributed by atoms with van der Waals surface area (Å²) >= 11 is 0. The van der Waals surface area contributed by atoms with E-state index in [4.69, 9.17) is 9.47 Å². The average molecular weight is 399 g/mol. The summed E-state index contributed by atoms with van der Waals surface area (Å²) in [4.78, 5) is 22.8. The number of carbonyl (C=O) groups excluding carboxylic acids is 1. The topological polar surface area (TPSA) is 64.6 Å². The predicted octanol–water partition coefficient (Wildman–Crippen LogP) is 2.77. The number of hydrogen-bond acceptors (Lipinski definition) is 5. The van der Waals surface area contributed by atoms with Crippen molar-refractivity contribution in [3.63, 3.8) is 0 Å². The van der Waals surface area contributed by atoms with Crippen LogP contribution >= 0.6 is 0 Å². The lowest BCUT2D eigenvalue weighted by atomic mass is 9.73. The standard InChI is InChI=1S/C22H26FN3O3/c23-18-2-3-19(25-13-18)12-21(27)26-10-6-20-22(15-26,7-1-11-29-20)16-28-14-17-4-8-24-9-5-17/h2-5,8-9,13,20H,1,6-7,10-12,14-16H2. The smallest absolute Gasteiger partial charge is 0.228 e. The van der Waals surface area contributed by atoms with Crippen molar-refractivity contribution in [2.75, 3.05) is 26.3 Å². The van der Waals surface area contributed by atoms with Crippen molar-refractivity contribution in [3.8, 4) is 0 Å². The van der Waals surface area contributed by atoms with Gasteiger partial charge in [-0.1, -0.05) is 0 Å². The van der Waals surface area contributed by atoms with Crippen molar-refractivity contribution in [1.82, 2.24) is 14.9 Å². The number of hydrogen-bond donors (Lipinski definition) is 0.